The SMILES string of the molecule is O=C(NCCCC(=O)N1CCc2ccccc2C1)c1cnn(-c2ccc([N+](=O)[O-])cc2)c1. The number of nitro groups is 1. The van der Waals surface area contributed by atoms with Crippen LogP contribution < -0.4 is 5.32 Å². The van der Waals surface area contributed by atoms with Crippen LogP contribution in [-0.2, 0) is 17.8 Å². The first-order chi connectivity index (χ1) is 15.5. The number of non-ortho nitro benzene ring substituents is 1. The van der Waals surface area contributed by atoms with Crippen molar-refractivity contribution in [3.8, 4) is 5.69 Å². The minimum absolute atomic E-state index is 0.0119. The van der Waals surface area contributed by atoms with Crippen molar-refractivity contribution in [2.75, 3.05) is 13.1 Å². The number of amides is 2. The lowest BCUT2D eigenvalue weighted by atomic mass is 9.99. The molecule has 2 heterocycles. The van der Waals surface area contributed by atoms with E-state index in [1.165, 1.54) is 34.1 Å². The molecule has 0 radical (unpaired) electrons. The molecule has 164 valence electrons. The molecule has 2 amide bonds. The molecule has 0 saturated carbocycles. The van der Waals surface area contributed by atoms with Gasteiger partial charge in [-0.05, 0) is 36.1 Å². The zero-order valence-electron chi connectivity index (χ0n) is 17.4. The predicted molar refractivity (Wildman–Crippen MR) is 117 cm³/mol. The number of benzene rings is 2. The Morgan fingerprint density at radius 3 is 2.59 bits per heavy atom. The second-order valence-corrected chi connectivity index (χ2v) is 7.64. The number of hydrogen-bond donors (Lipinski definition) is 1. The summed E-state index contributed by atoms with van der Waals surface area (Å²) in [7, 11) is 0. The van der Waals surface area contributed by atoms with E-state index in [9.17, 15) is 19.7 Å². The van der Waals surface area contributed by atoms with Crippen molar-refractivity contribution < 1.29 is 14.5 Å². The number of carbonyl (C=O) groups is 2. The number of nitro benzene ring substituents is 1. The van der Waals surface area contributed by atoms with Crippen LogP contribution in [0.3, 0.4) is 0 Å². The number of aromatic nitrogens is 2. The summed E-state index contributed by atoms with van der Waals surface area (Å²) >= 11 is 0. The fourth-order valence-electron chi connectivity index (χ4n) is 3.72. The normalized spacial score (nSPS) is 12.8. The molecule has 0 aliphatic carbocycles. The average molecular weight is 433 g/mol. The molecule has 0 spiro atoms. The lowest BCUT2D eigenvalue weighted by Gasteiger charge is -2.29. The van der Waals surface area contributed by atoms with Crippen LogP contribution in [0.5, 0.6) is 0 Å². The van der Waals surface area contributed by atoms with Crippen molar-refractivity contribution in [3.05, 3.63) is 87.7 Å². The summed E-state index contributed by atoms with van der Waals surface area (Å²) in [5.74, 6) is -0.183. The molecule has 1 aliphatic heterocycles. The fraction of sp³-hybridized carbons (Fsp3) is 0.261. The average Bonchev–Trinajstić information content (AvgIpc) is 3.32. The molecule has 9 heteroatoms. The van der Waals surface area contributed by atoms with Gasteiger partial charge in [-0.2, -0.15) is 5.10 Å². The monoisotopic (exact) mass is 433 g/mol. The zero-order valence-corrected chi connectivity index (χ0v) is 17.4. The molecular formula is C23H23N5O4. The van der Waals surface area contributed by atoms with E-state index < -0.39 is 4.92 Å². The lowest BCUT2D eigenvalue weighted by molar-refractivity contribution is -0.384. The molecule has 0 atom stereocenters. The van der Waals surface area contributed by atoms with Gasteiger partial charge < -0.3 is 10.2 Å². The Bertz CT molecular complexity index is 1140. The van der Waals surface area contributed by atoms with Crippen molar-refractivity contribution in [1.29, 1.82) is 0 Å². The van der Waals surface area contributed by atoms with Crippen LogP contribution in [-0.4, -0.2) is 44.5 Å². The van der Waals surface area contributed by atoms with Crippen molar-refractivity contribution in [2.45, 2.75) is 25.8 Å². The Morgan fingerprint density at radius 2 is 1.84 bits per heavy atom. The van der Waals surface area contributed by atoms with Gasteiger partial charge in [-0.1, -0.05) is 24.3 Å². The third-order valence-corrected chi connectivity index (χ3v) is 5.51. The Labute approximate surface area is 184 Å². The first-order valence-electron chi connectivity index (χ1n) is 10.4. The van der Waals surface area contributed by atoms with E-state index in [0.717, 1.165) is 13.0 Å². The quantitative estimate of drug-likeness (QED) is 0.350. The van der Waals surface area contributed by atoms with E-state index in [1.807, 2.05) is 17.0 Å². The summed E-state index contributed by atoms with van der Waals surface area (Å²) in [6.45, 7) is 1.75. The van der Waals surface area contributed by atoms with Crippen molar-refractivity contribution in [2.24, 2.45) is 0 Å². The topological polar surface area (TPSA) is 110 Å². The van der Waals surface area contributed by atoms with Gasteiger partial charge in [0.05, 0.1) is 22.4 Å². The summed E-state index contributed by atoms with van der Waals surface area (Å²) in [5.41, 5.74) is 3.48. The highest BCUT2D eigenvalue weighted by atomic mass is 16.6. The fourth-order valence-corrected chi connectivity index (χ4v) is 3.72. The van der Waals surface area contributed by atoms with Crippen LogP contribution >= 0.6 is 0 Å². The van der Waals surface area contributed by atoms with E-state index in [4.69, 9.17) is 0 Å². The summed E-state index contributed by atoms with van der Waals surface area (Å²) in [6, 6.07) is 14.1. The molecule has 4 rings (SSSR count). The summed E-state index contributed by atoms with van der Waals surface area (Å²) in [5, 5.41) is 17.7. The maximum atomic E-state index is 12.5. The summed E-state index contributed by atoms with van der Waals surface area (Å²) < 4.78 is 1.48. The number of rotatable bonds is 7. The molecule has 1 aromatic heterocycles. The minimum atomic E-state index is -0.472. The Kier molecular flexibility index (Phi) is 6.25. The molecule has 0 fully saturated rings. The first kappa shape index (κ1) is 21.2. The highest BCUT2D eigenvalue weighted by Gasteiger charge is 2.20. The van der Waals surface area contributed by atoms with Crippen LogP contribution in [0.15, 0.2) is 60.9 Å². The van der Waals surface area contributed by atoms with Gasteiger partial charge in [-0.25, -0.2) is 4.68 Å². The van der Waals surface area contributed by atoms with Crippen LogP contribution in [0.2, 0.25) is 0 Å². The maximum absolute atomic E-state index is 12.5. The van der Waals surface area contributed by atoms with Crippen LogP contribution in [0, 0.1) is 10.1 Å². The first-order valence-corrected chi connectivity index (χ1v) is 10.4. The molecule has 0 bridgehead atoms. The molecule has 9 nitrogen and oxygen atoms in total. The predicted octanol–water partition coefficient (Wildman–Crippen LogP) is 2.88. The van der Waals surface area contributed by atoms with Crippen molar-refractivity contribution in [1.82, 2.24) is 20.0 Å². The van der Waals surface area contributed by atoms with Crippen molar-refractivity contribution in [3.63, 3.8) is 0 Å². The van der Waals surface area contributed by atoms with Gasteiger partial charge in [-0.15, -0.1) is 0 Å². The number of nitrogens with zero attached hydrogens (tertiary/aromatic N) is 4. The molecular weight excluding hydrogens is 410 g/mol. The standard InChI is InChI=1S/C23H23N5O4/c29-22(26-13-11-17-4-1-2-5-18(17)15-26)6-3-12-24-23(30)19-14-25-27(16-19)20-7-9-21(10-8-20)28(31)32/h1-2,4-5,7-10,14,16H,3,6,11-13,15H2,(H,24,30). The lowest BCUT2D eigenvalue weighted by Crippen LogP contribution is -2.36. The second kappa shape index (κ2) is 9.42. The van der Waals surface area contributed by atoms with E-state index in [2.05, 4.69) is 22.5 Å². The van der Waals surface area contributed by atoms with E-state index >= 15 is 0 Å². The molecule has 1 N–H and O–H groups in total. The van der Waals surface area contributed by atoms with Gasteiger partial charge in [0.15, 0.2) is 0 Å². The molecule has 0 unspecified atom stereocenters. The Morgan fingerprint density at radius 1 is 1.09 bits per heavy atom. The molecule has 0 saturated heterocycles. The third-order valence-electron chi connectivity index (χ3n) is 5.51. The summed E-state index contributed by atoms with van der Waals surface area (Å²) in [4.78, 5) is 37.0. The number of hydrogen-bond acceptors (Lipinski definition) is 5. The molecule has 2 aromatic carbocycles. The third kappa shape index (κ3) is 4.83. The highest BCUT2D eigenvalue weighted by Crippen LogP contribution is 2.19. The van der Waals surface area contributed by atoms with E-state index in [0.29, 0.717) is 37.2 Å². The smallest absolute Gasteiger partial charge is 0.269 e. The van der Waals surface area contributed by atoms with Crippen LogP contribution in [0.4, 0.5) is 5.69 Å². The largest absolute Gasteiger partial charge is 0.352 e. The number of carbonyl (C=O) groups excluding carboxylic acids is 2. The summed E-state index contributed by atoms with van der Waals surface area (Å²) in [6.07, 6.45) is 4.81. The van der Waals surface area contributed by atoms with Gasteiger partial charge in [0.1, 0.15) is 0 Å². The van der Waals surface area contributed by atoms with Crippen LogP contribution in [0.25, 0.3) is 5.69 Å². The second-order valence-electron chi connectivity index (χ2n) is 7.64. The number of fused-ring (bicyclic) bond motifs is 1. The Hall–Kier alpha value is -4.01. The highest BCUT2D eigenvalue weighted by molar-refractivity contribution is 5.93. The van der Waals surface area contributed by atoms with Crippen LogP contribution in [0.1, 0.15) is 34.3 Å². The zero-order chi connectivity index (χ0) is 22.5. The van der Waals surface area contributed by atoms with E-state index in [1.54, 1.807) is 18.3 Å². The van der Waals surface area contributed by atoms with Gasteiger partial charge in [0, 0.05) is 44.4 Å². The molecule has 1 aliphatic rings. The molecule has 32 heavy (non-hydrogen) atoms. The minimum Gasteiger partial charge on any atom is -0.352 e. The van der Waals surface area contributed by atoms with E-state index in [-0.39, 0.29) is 17.5 Å². The van der Waals surface area contributed by atoms with Gasteiger partial charge in [0.2, 0.25) is 5.91 Å². The van der Waals surface area contributed by atoms with Crippen molar-refractivity contribution >= 4 is 17.5 Å². The maximum Gasteiger partial charge on any atom is 0.269 e. The van der Waals surface area contributed by atoms with Gasteiger partial charge in [0.25, 0.3) is 11.6 Å². The van der Waals surface area contributed by atoms with Gasteiger partial charge in [-0.3, -0.25) is 19.7 Å². The Balaban J connectivity index is 1.23. The van der Waals surface area contributed by atoms with Gasteiger partial charge >= 0.3 is 0 Å². The molecule has 3 aromatic rings. The number of nitrogens with one attached hydrogen (secondary N) is 1.